The van der Waals surface area contributed by atoms with Crippen molar-refractivity contribution in [2.45, 2.75) is 52.4 Å². The monoisotopic (exact) mass is 1110 g/mol. The van der Waals surface area contributed by atoms with E-state index in [-0.39, 0.29) is 209 Å². The van der Waals surface area contributed by atoms with E-state index >= 15 is 0 Å². The van der Waals surface area contributed by atoms with Gasteiger partial charge in [-0.25, -0.2) is 0 Å². The first-order valence-corrected chi connectivity index (χ1v) is 27.3. The summed E-state index contributed by atoms with van der Waals surface area (Å²) in [6.07, 6.45) is 0. The van der Waals surface area contributed by atoms with E-state index in [1.807, 2.05) is 102 Å². The van der Waals surface area contributed by atoms with Gasteiger partial charge in [-0.3, -0.25) is 0 Å². The van der Waals surface area contributed by atoms with E-state index in [0.717, 1.165) is 11.1 Å². The number of benzene rings is 12. The summed E-state index contributed by atoms with van der Waals surface area (Å²) in [7, 11) is 0. The van der Waals surface area contributed by atoms with Crippen molar-refractivity contribution < 1.29 is 35.6 Å². The molecule has 0 bridgehead atoms. The first kappa shape index (κ1) is 30.2. The minimum atomic E-state index is -0.728. The maximum Gasteiger partial charge on any atom is 0.0645 e. The molecule has 0 amide bonds. The molecule has 404 valence electrons. The average molecular weight is 1110 g/mol. The largest absolute Gasteiger partial charge is 0.309 e. The number of hydrogen-bond donors (Lipinski definition) is 0. The first-order valence-electron chi connectivity index (χ1n) is 40.3. The van der Waals surface area contributed by atoms with Crippen LogP contribution in [0.3, 0.4) is 0 Å². The van der Waals surface area contributed by atoms with Gasteiger partial charge in [-0.05, 0) is 153 Å². The van der Waals surface area contributed by atoms with E-state index in [9.17, 15) is 5.48 Å². The fraction of sp³-hybridized carbons (Fsp3) is 0.100. The predicted molar refractivity (Wildman–Crippen MR) is 359 cm³/mol. The van der Waals surface area contributed by atoms with Crippen LogP contribution in [0.1, 0.15) is 88.3 Å². The Morgan fingerprint density at radius 2 is 0.500 bits per heavy atom. The molecule has 12 aromatic carbocycles. The zero-order valence-electron chi connectivity index (χ0n) is 72.3. The summed E-state index contributed by atoms with van der Waals surface area (Å²) in [6, 6.07) is 27.5. The van der Waals surface area contributed by atoms with Gasteiger partial charge in [-0.2, -0.15) is 0 Å². The van der Waals surface area contributed by atoms with Gasteiger partial charge in [0, 0.05) is 65.8 Å². The Hall–Kier alpha value is -10.2. The highest BCUT2D eigenvalue weighted by Gasteiger charge is 2.21. The molecule has 0 radical (unpaired) electrons. The molecule has 16 rings (SSSR count). The number of para-hydroxylation sites is 6. The lowest BCUT2D eigenvalue weighted by Crippen LogP contribution is -2.10. The Morgan fingerprint density at radius 3 is 0.798 bits per heavy atom. The van der Waals surface area contributed by atoms with Crippen molar-refractivity contribution in [2.24, 2.45) is 0 Å². The highest BCUT2D eigenvalue weighted by molar-refractivity contribution is 6.12. The lowest BCUT2D eigenvalue weighted by molar-refractivity contribution is 0.591. The molecule has 0 spiro atoms. The molecule has 4 aromatic heterocycles. The summed E-state index contributed by atoms with van der Waals surface area (Å²) < 4.78 is 233. The maximum absolute atomic E-state index is 9.35. The van der Waals surface area contributed by atoms with Crippen molar-refractivity contribution in [3.63, 3.8) is 0 Å². The smallest absolute Gasteiger partial charge is 0.0645 e. The third-order valence-electron chi connectivity index (χ3n) is 15.3. The van der Waals surface area contributed by atoms with E-state index in [1.165, 1.54) is 33.4 Å². The molecule has 0 unspecified atom stereocenters. The molecule has 0 fully saturated rings. The van der Waals surface area contributed by atoms with Crippen LogP contribution < -0.4 is 0 Å². The van der Waals surface area contributed by atoms with E-state index in [2.05, 4.69) is 0 Å². The molecule has 0 saturated heterocycles. The van der Waals surface area contributed by atoms with Crippen molar-refractivity contribution in [3.05, 3.63) is 290 Å². The highest BCUT2D eigenvalue weighted by Crippen LogP contribution is 2.40. The Bertz CT molecular complexity index is 6280. The lowest BCUT2D eigenvalue weighted by Gasteiger charge is -2.19. The second-order valence-electron chi connectivity index (χ2n) is 22.6. The van der Waals surface area contributed by atoms with Crippen LogP contribution in [0.2, 0.25) is 0 Å². The van der Waals surface area contributed by atoms with Gasteiger partial charge in [-0.1, -0.05) is 211 Å². The summed E-state index contributed by atoms with van der Waals surface area (Å²) in [6.45, 7) is 11.0. The maximum atomic E-state index is 9.35. The summed E-state index contributed by atoms with van der Waals surface area (Å²) >= 11 is 0. The van der Waals surface area contributed by atoms with Crippen LogP contribution in [0, 0.1) is 0 Å². The molecule has 0 aliphatic rings. The zero-order valence-corrected chi connectivity index (χ0v) is 46.3. The van der Waals surface area contributed by atoms with Crippen molar-refractivity contribution >= 4 is 87.2 Å². The second kappa shape index (κ2) is 19.8. The number of hydrogen-bond acceptors (Lipinski definition) is 0. The first-order chi connectivity index (χ1) is 51.7. The van der Waals surface area contributed by atoms with Gasteiger partial charge in [0.05, 0.1) is 79.8 Å². The zero-order chi connectivity index (χ0) is 79.5. The summed E-state index contributed by atoms with van der Waals surface area (Å²) in [5.41, 5.74) is 5.71. The van der Waals surface area contributed by atoms with Crippen LogP contribution in [0.15, 0.2) is 278 Å². The van der Waals surface area contributed by atoms with Crippen LogP contribution in [0.25, 0.3) is 132 Å². The topological polar surface area (TPSA) is 19.7 Å². The third-order valence-corrected chi connectivity index (χ3v) is 15.3. The van der Waals surface area contributed by atoms with Crippen molar-refractivity contribution in [2.75, 3.05) is 0 Å². The van der Waals surface area contributed by atoms with Gasteiger partial charge < -0.3 is 18.3 Å². The van der Waals surface area contributed by atoms with Gasteiger partial charge in [0.15, 0.2) is 0 Å². The van der Waals surface area contributed by atoms with Gasteiger partial charge in [0.2, 0.25) is 0 Å². The van der Waals surface area contributed by atoms with E-state index in [1.54, 1.807) is 45.5 Å². The van der Waals surface area contributed by atoms with Gasteiger partial charge in [0.25, 0.3) is 0 Å². The van der Waals surface area contributed by atoms with Crippen molar-refractivity contribution in [1.82, 2.24) is 18.3 Å². The van der Waals surface area contributed by atoms with E-state index in [0.29, 0.717) is 55.9 Å². The molecule has 0 N–H and O–H groups in total. The molecule has 4 nitrogen and oxygen atoms in total. The van der Waals surface area contributed by atoms with Crippen LogP contribution in [0.5, 0.6) is 0 Å². The van der Waals surface area contributed by atoms with E-state index < -0.39 is 35.0 Å². The normalized spacial score (nSPS) is 16.5. The van der Waals surface area contributed by atoms with Crippen molar-refractivity contribution in [1.29, 1.82) is 0 Å². The highest BCUT2D eigenvalue weighted by atomic mass is 15.0. The van der Waals surface area contributed by atoms with Crippen LogP contribution in [0.4, 0.5) is 0 Å². The predicted octanol–water partition coefficient (Wildman–Crippen LogP) is 21.7. The lowest BCUT2D eigenvalue weighted by atomic mass is 9.86. The third kappa shape index (κ3) is 8.51. The Labute approximate surface area is 526 Å². The summed E-state index contributed by atoms with van der Waals surface area (Å²) in [5, 5.41) is 1.48. The Balaban J connectivity index is 0.000000177. The van der Waals surface area contributed by atoms with Gasteiger partial charge >= 0.3 is 0 Å². The quantitative estimate of drug-likeness (QED) is 0.158. The number of rotatable bonds is 6. The summed E-state index contributed by atoms with van der Waals surface area (Å²) in [4.78, 5) is 0. The molecule has 0 aliphatic heterocycles. The fourth-order valence-corrected chi connectivity index (χ4v) is 11.2. The number of aromatic nitrogens is 4. The molecule has 4 heteroatoms. The molecule has 0 saturated carbocycles. The Morgan fingerprint density at radius 1 is 0.250 bits per heavy atom. The number of fused-ring (bicyclic) bond motifs is 12. The molecular weight excluding hydrogens is 1020 g/mol. The molecule has 4 heterocycles. The van der Waals surface area contributed by atoms with Crippen LogP contribution in [-0.2, 0) is 10.8 Å². The molecule has 84 heavy (non-hydrogen) atoms. The number of nitrogens with zero attached hydrogens (tertiary/aromatic N) is 4. The summed E-state index contributed by atoms with van der Waals surface area (Å²) in [5.74, 6) is 0. The van der Waals surface area contributed by atoms with Crippen LogP contribution in [-0.4, -0.2) is 18.3 Å². The van der Waals surface area contributed by atoms with E-state index in [4.69, 9.17) is 30.2 Å². The molecular formula is C80H64N4. The SMILES string of the molecule is [2H]c1c([2H])c([2H])c2c(c1[2H])c1c([2H])c(C(C)(C)C)c([2H])c([2H])c1n2-c1cccc(-c2cccc(-n3c4c([2H])c([2H])c([2H])c([2H])c4c4c([2H])c(C(C)(C)C)c([2H])c([2H])c43)c2)c1.[2H]c1cc2c(c([2H])c1[2H])c1c([2H])c([2H])c([2H])cc1n2-c1cccc(-c2cccc(-n3c4cc([2H])c([2H])c([2H])c4c4c([2H])c([2H])c([2H])cc43)c2)c1. The van der Waals surface area contributed by atoms with Crippen LogP contribution >= 0.6 is 0 Å². The average Bonchev–Trinajstić information content (AvgIpc) is 1.55. The molecule has 0 aliphatic carbocycles. The minimum absolute atomic E-state index is 0.0590. The second-order valence-corrected chi connectivity index (χ2v) is 22.6. The minimum Gasteiger partial charge on any atom is -0.309 e. The Kier molecular flexibility index (Phi) is 7.12. The molecule has 16 aromatic rings. The molecule has 0 atom stereocenters. The van der Waals surface area contributed by atoms with Gasteiger partial charge in [-0.15, -0.1) is 0 Å². The van der Waals surface area contributed by atoms with Crippen molar-refractivity contribution in [3.8, 4) is 45.0 Å². The standard InChI is InChI=1S/C44H40N2.C36H24N2/c1-43(2,3)31-21-23-41-37(27-31)35-17-7-9-19-39(35)45(41)33-15-11-13-29(25-33)30-14-12-16-34(26-30)46-40-20-10-8-18-36(40)38-28-32(44(4,5)6)22-24-42(38)46;1-5-19-33-29(15-1)30-16-2-6-20-34(30)37(33)27-13-9-11-25(23-27)26-12-10-14-28(24-26)38-35-21-7-3-17-31(35)32-18-4-8-22-36(32)38/h7-28H,1-6H3;1-24H/i7D,8D,9D,10D,17D,18D,19D,20D,21D,22D,23D,24D,27D,28D;1D,2D,3D,4D,5D,6D,7D,8D,15D,16D,17D,18D. The van der Waals surface area contributed by atoms with Gasteiger partial charge in [0.1, 0.15) is 0 Å². The fourth-order valence-electron chi connectivity index (χ4n) is 11.2.